The van der Waals surface area contributed by atoms with E-state index < -0.39 is 23.9 Å². The lowest BCUT2D eigenvalue weighted by Gasteiger charge is -2.10. The van der Waals surface area contributed by atoms with Crippen molar-refractivity contribution in [3.05, 3.63) is 0 Å². The number of carbonyl (C=O) groups is 3. The molecule has 0 fully saturated rings. The zero-order valence-corrected chi connectivity index (χ0v) is 12.2. The SMILES string of the molecule is COC(=O)C(N)CSCC(=O)NC(=O)NCC(C)C. The minimum absolute atomic E-state index is 0.0554. The molecule has 7 nitrogen and oxygen atoms in total. The maximum atomic E-state index is 11.4. The number of hydrogen-bond acceptors (Lipinski definition) is 6. The predicted molar refractivity (Wildman–Crippen MR) is 73.7 cm³/mol. The Morgan fingerprint density at radius 2 is 1.95 bits per heavy atom. The average molecular weight is 291 g/mol. The molecule has 0 heterocycles. The largest absolute Gasteiger partial charge is 0.468 e. The van der Waals surface area contributed by atoms with Crippen molar-refractivity contribution in [3.63, 3.8) is 0 Å². The van der Waals surface area contributed by atoms with Gasteiger partial charge in [0, 0.05) is 12.3 Å². The van der Waals surface area contributed by atoms with E-state index in [2.05, 4.69) is 15.4 Å². The maximum absolute atomic E-state index is 11.4. The molecule has 0 aliphatic heterocycles. The summed E-state index contributed by atoms with van der Waals surface area (Å²) in [4.78, 5) is 33.6. The monoisotopic (exact) mass is 291 g/mol. The fraction of sp³-hybridized carbons (Fsp3) is 0.727. The van der Waals surface area contributed by atoms with Crippen molar-refractivity contribution in [1.82, 2.24) is 10.6 Å². The molecular weight excluding hydrogens is 270 g/mol. The zero-order valence-electron chi connectivity index (χ0n) is 11.4. The van der Waals surface area contributed by atoms with Crippen LogP contribution < -0.4 is 16.4 Å². The first-order valence-corrected chi connectivity index (χ1v) is 7.01. The Hall–Kier alpha value is -1.28. The Bertz CT molecular complexity index is 323. The summed E-state index contributed by atoms with van der Waals surface area (Å²) in [6, 6.07) is -1.28. The summed E-state index contributed by atoms with van der Waals surface area (Å²) in [5.74, 6) is -0.327. The summed E-state index contributed by atoms with van der Waals surface area (Å²) < 4.78 is 4.45. The smallest absolute Gasteiger partial charge is 0.323 e. The molecule has 0 aliphatic carbocycles. The summed E-state index contributed by atoms with van der Waals surface area (Å²) in [6.07, 6.45) is 0. The molecule has 0 aromatic rings. The number of methoxy groups -OCH3 is 1. The molecule has 0 bridgehead atoms. The number of esters is 1. The van der Waals surface area contributed by atoms with E-state index in [0.717, 1.165) is 11.8 Å². The summed E-state index contributed by atoms with van der Waals surface area (Å²) in [5.41, 5.74) is 5.49. The fourth-order valence-corrected chi connectivity index (χ4v) is 1.77. The first kappa shape index (κ1) is 17.7. The van der Waals surface area contributed by atoms with Crippen LogP contribution in [0.3, 0.4) is 0 Å². The lowest BCUT2D eigenvalue weighted by molar-refractivity contribution is -0.141. The lowest BCUT2D eigenvalue weighted by Crippen LogP contribution is -2.42. The molecule has 0 spiro atoms. The van der Waals surface area contributed by atoms with Crippen LogP contribution in [0.2, 0.25) is 0 Å². The third-order valence-corrected chi connectivity index (χ3v) is 3.02. The number of nitrogens with two attached hydrogens (primary N) is 1. The quantitative estimate of drug-likeness (QED) is 0.556. The van der Waals surface area contributed by atoms with E-state index in [-0.39, 0.29) is 11.5 Å². The minimum atomic E-state index is -0.766. The van der Waals surface area contributed by atoms with E-state index in [4.69, 9.17) is 5.73 Å². The molecule has 0 saturated carbocycles. The van der Waals surface area contributed by atoms with Gasteiger partial charge < -0.3 is 15.8 Å². The van der Waals surface area contributed by atoms with E-state index in [9.17, 15) is 14.4 Å². The Balaban J connectivity index is 3.75. The van der Waals surface area contributed by atoms with E-state index in [1.54, 1.807) is 0 Å². The maximum Gasteiger partial charge on any atom is 0.323 e. The first-order chi connectivity index (χ1) is 8.86. The highest BCUT2D eigenvalue weighted by atomic mass is 32.2. The lowest BCUT2D eigenvalue weighted by atomic mass is 10.2. The van der Waals surface area contributed by atoms with Crippen LogP contribution in [-0.2, 0) is 14.3 Å². The fourth-order valence-electron chi connectivity index (χ4n) is 1.00. The van der Waals surface area contributed by atoms with Crippen molar-refractivity contribution >= 4 is 29.7 Å². The second-order valence-corrected chi connectivity index (χ2v) is 5.33. The normalized spacial score (nSPS) is 11.8. The molecule has 0 aromatic carbocycles. The summed E-state index contributed by atoms with van der Waals surface area (Å²) in [6.45, 7) is 4.40. The van der Waals surface area contributed by atoms with Crippen LogP contribution in [0.4, 0.5) is 4.79 Å². The summed E-state index contributed by atoms with van der Waals surface area (Å²) >= 11 is 1.16. The van der Waals surface area contributed by atoms with E-state index in [0.29, 0.717) is 12.5 Å². The van der Waals surface area contributed by atoms with Gasteiger partial charge >= 0.3 is 12.0 Å². The van der Waals surface area contributed by atoms with Crippen LogP contribution in [0.25, 0.3) is 0 Å². The highest BCUT2D eigenvalue weighted by Crippen LogP contribution is 2.02. The number of nitrogens with one attached hydrogen (secondary N) is 2. The zero-order chi connectivity index (χ0) is 14.8. The molecule has 4 N–H and O–H groups in total. The topological polar surface area (TPSA) is 111 Å². The number of thioether (sulfide) groups is 1. The number of imide groups is 1. The molecule has 1 atom stereocenters. The van der Waals surface area contributed by atoms with Crippen molar-refractivity contribution < 1.29 is 19.1 Å². The molecule has 0 aliphatic rings. The van der Waals surface area contributed by atoms with Crippen LogP contribution in [0.15, 0.2) is 0 Å². The van der Waals surface area contributed by atoms with Gasteiger partial charge in [-0.15, -0.1) is 11.8 Å². The van der Waals surface area contributed by atoms with Crippen molar-refractivity contribution in [3.8, 4) is 0 Å². The molecule has 8 heteroatoms. The van der Waals surface area contributed by atoms with Crippen LogP contribution in [0.5, 0.6) is 0 Å². The van der Waals surface area contributed by atoms with E-state index >= 15 is 0 Å². The Kier molecular flexibility index (Phi) is 8.98. The molecule has 110 valence electrons. The number of hydrogen-bond donors (Lipinski definition) is 3. The van der Waals surface area contributed by atoms with Gasteiger partial charge in [0.05, 0.1) is 12.9 Å². The summed E-state index contributed by atoms with van der Waals surface area (Å²) in [5, 5.41) is 4.75. The van der Waals surface area contributed by atoms with E-state index in [1.165, 1.54) is 7.11 Å². The molecule has 19 heavy (non-hydrogen) atoms. The first-order valence-electron chi connectivity index (χ1n) is 5.85. The Morgan fingerprint density at radius 1 is 1.32 bits per heavy atom. The van der Waals surface area contributed by atoms with Gasteiger partial charge in [-0.25, -0.2) is 4.79 Å². The van der Waals surface area contributed by atoms with Crippen LogP contribution in [0.1, 0.15) is 13.8 Å². The van der Waals surface area contributed by atoms with Gasteiger partial charge in [0.1, 0.15) is 6.04 Å². The Labute approximate surface area is 117 Å². The third kappa shape index (κ3) is 9.32. The highest BCUT2D eigenvalue weighted by Gasteiger charge is 2.15. The van der Waals surface area contributed by atoms with Gasteiger partial charge in [0.25, 0.3) is 0 Å². The molecule has 1 unspecified atom stereocenters. The van der Waals surface area contributed by atoms with Gasteiger partial charge in [-0.2, -0.15) is 0 Å². The van der Waals surface area contributed by atoms with Crippen molar-refractivity contribution in [2.24, 2.45) is 11.7 Å². The van der Waals surface area contributed by atoms with Crippen molar-refractivity contribution in [1.29, 1.82) is 0 Å². The van der Waals surface area contributed by atoms with Gasteiger partial charge in [-0.05, 0) is 5.92 Å². The van der Waals surface area contributed by atoms with Crippen LogP contribution in [0, 0.1) is 5.92 Å². The van der Waals surface area contributed by atoms with Crippen molar-refractivity contribution in [2.75, 3.05) is 25.2 Å². The third-order valence-electron chi connectivity index (χ3n) is 1.96. The molecule has 3 amide bonds. The molecule has 0 radical (unpaired) electrons. The summed E-state index contributed by atoms with van der Waals surface area (Å²) in [7, 11) is 1.25. The second-order valence-electron chi connectivity index (χ2n) is 4.30. The van der Waals surface area contributed by atoms with Gasteiger partial charge in [0.2, 0.25) is 5.91 Å². The second kappa shape index (κ2) is 9.62. The molecular formula is C11H21N3O4S. The standard InChI is InChI=1S/C11H21N3O4S/c1-7(2)4-13-11(17)14-9(15)6-19-5-8(12)10(16)18-3/h7-8H,4-6,12H2,1-3H3,(H2,13,14,15,17). The molecule has 0 rings (SSSR count). The highest BCUT2D eigenvalue weighted by molar-refractivity contribution is 8.00. The van der Waals surface area contributed by atoms with E-state index in [1.807, 2.05) is 13.8 Å². The van der Waals surface area contributed by atoms with Gasteiger partial charge in [0.15, 0.2) is 0 Å². The number of urea groups is 1. The number of ether oxygens (including phenoxy) is 1. The number of amides is 3. The average Bonchev–Trinajstić information content (AvgIpc) is 2.35. The van der Waals surface area contributed by atoms with Gasteiger partial charge in [-0.1, -0.05) is 13.8 Å². The van der Waals surface area contributed by atoms with Crippen LogP contribution >= 0.6 is 11.8 Å². The molecule has 0 aromatic heterocycles. The van der Waals surface area contributed by atoms with Crippen molar-refractivity contribution in [2.45, 2.75) is 19.9 Å². The number of carbonyl (C=O) groups excluding carboxylic acids is 3. The number of rotatable bonds is 7. The predicted octanol–water partition coefficient (Wildman–Crippen LogP) is -0.298. The minimum Gasteiger partial charge on any atom is -0.468 e. The van der Waals surface area contributed by atoms with Gasteiger partial charge in [-0.3, -0.25) is 14.9 Å². The molecule has 0 saturated heterocycles. The van der Waals surface area contributed by atoms with Crippen LogP contribution in [-0.4, -0.2) is 49.1 Å². The Morgan fingerprint density at radius 3 is 2.47 bits per heavy atom.